The van der Waals surface area contributed by atoms with Gasteiger partial charge in [-0.3, -0.25) is 9.59 Å². The summed E-state index contributed by atoms with van der Waals surface area (Å²) in [6.45, 7) is 4.07. The minimum atomic E-state index is -0.595. The van der Waals surface area contributed by atoms with E-state index < -0.39 is 12.1 Å². The van der Waals surface area contributed by atoms with Gasteiger partial charge in [0.15, 0.2) is 6.10 Å². The van der Waals surface area contributed by atoms with Gasteiger partial charge in [-0.2, -0.15) is 0 Å². The van der Waals surface area contributed by atoms with Crippen LogP contribution >= 0.6 is 0 Å². The van der Waals surface area contributed by atoms with E-state index in [0.29, 0.717) is 18.7 Å². The highest BCUT2D eigenvalue weighted by molar-refractivity contribution is 5.85. The van der Waals surface area contributed by atoms with Crippen LogP contribution in [0.25, 0.3) is 0 Å². The molecule has 20 heavy (non-hydrogen) atoms. The average molecular weight is 279 g/mol. The van der Waals surface area contributed by atoms with Crippen LogP contribution in [0.2, 0.25) is 0 Å². The summed E-state index contributed by atoms with van der Waals surface area (Å²) in [5.74, 6) is 0.000776. The first-order valence-corrected chi connectivity index (χ1v) is 6.69. The number of para-hydroxylation sites is 1. The number of carbonyl (C=O) groups is 2. The lowest BCUT2D eigenvalue weighted by molar-refractivity contribution is -0.149. The Labute approximate surface area is 119 Å². The molecule has 0 aromatic heterocycles. The molecule has 110 valence electrons. The Morgan fingerprint density at radius 1 is 1.20 bits per heavy atom. The van der Waals surface area contributed by atoms with Gasteiger partial charge in [0.25, 0.3) is 5.91 Å². The van der Waals surface area contributed by atoms with Crippen LogP contribution in [0, 0.1) is 0 Å². The van der Waals surface area contributed by atoms with Gasteiger partial charge in [-0.1, -0.05) is 25.1 Å². The monoisotopic (exact) mass is 279 g/mol. The molecule has 5 heteroatoms. The molecule has 1 atom stereocenters. The first kappa shape index (κ1) is 16.0. The van der Waals surface area contributed by atoms with Crippen molar-refractivity contribution in [3.8, 4) is 5.75 Å². The van der Waals surface area contributed by atoms with Gasteiger partial charge in [0.05, 0.1) is 7.11 Å². The van der Waals surface area contributed by atoms with Gasteiger partial charge in [-0.05, 0) is 25.5 Å². The fourth-order valence-electron chi connectivity index (χ4n) is 1.74. The van der Waals surface area contributed by atoms with Gasteiger partial charge in [0.2, 0.25) is 0 Å². The van der Waals surface area contributed by atoms with E-state index in [-0.39, 0.29) is 12.5 Å². The maximum Gasteiger partial charge on any atom is 0.325 e. The third-order valence-electron chi connectivity index (χ3n) is 2.91. The molecule has 0 aliphatic rings. The molecule has 1 aromatic carbocycles. The van der Waals surface area contributed by atoms with E-state index in [1.807, 2.05) is 32.0 Å². The molecule has 5 nitrogen and oxygen atoms in total. The van der Waals surface area contributed by atoms with Gasteiger partial charge >= 0.3 is 5.97 Å². The van der Waals surface area contributed by atoms with Crippen LogP contribution in [0.4, 0.5) is 0 Å². The Morgan fingerprint density at radius 2 is 1.85 bits per heavy atom. The van der Waals surface area contributed by atoms with Gasteiger partial charge in [0.1, 0.15) is 12.3 Å². The molecule has 0 aliphatic carbocycles. The zero-order valence-electron chi connectivity index (χ0n) is 12.2. The Kier molecular flexibility index (Phi) is 6.56. The Hall–Kier alpha value is -2.04. The third kappa shape index (κ3) is 4.57. The van der Waals surface area contributed by atoms with Crippen LogP contribution < -0.4 is 4.74 Å². The van der Waals surface area contributed by atoms with Gasteiger partial charge in [-0.15, -0.1) is 0 Å². The minimum absolute atomic E-state index is 0.0551. The highest BCUT2D eigenvalue weighted by atomic mass is 16.5. The first-order chi connectivity index (χ1) is 9.62. The van der Waals surface area contributed by atoms with E-state index in [1.165, 1.54) is 12.0 Å². The number of benzene rings is 1. The molecular formula is C15H21NO4. The Bertz CT molecular complexity index is 433. The molecule has 0 spiro atoms. The highest BCUT2D eigenvalue weighted by Gasteiger charge is 2.25. The van der Waals surface area contributed by atoms with Crippen LogP contribution in [0.1, 0.15) is 20.3 Å². The standard InChI is InChI=1S/C15H21NO4/c1-4-13(20-12-9-7-6-8-10-12)15(18)16(5-2)11-14(17)19-3/h6-10,13H,4-5,11H2,1-3H3. The summed E-state index contributed by atoms with van der Waals surface area (Å²) in [6.07, 6.45) is -0.0622. The summed E-state index contributed by atoms with van der Waals surface area (Å²) >= 11 is 0. The maximum absolute atomic E-state index is 12.4. The van der Waals surface area contributed by atoms with E-state index in [2.05, 4.69) is 4.74 Å². The lowest BCUT2D eigenvalue weighted by Crippen LogP contribution is -2.44. The fraction of sp³-hybridized carbons (Fsp3) is 0.467. The van der Waals surface area contributed by atoms with Crippen molar-refractivity contribution in [1.82, 2.24) is 4.90 Å². The molecule has 0 heterocycles. The number of amides is 1. The summed E-state index contributed by atoms with van der Waals surface area (Å²) in [4.78, 5) is 25.1. The van der Waals surface area contributed by atoms with Crippen LogP contribution in [0.15, 0.2) is 30.3 Å². The zero-order valence-corrected chi connectivity index (χ0v) is 12.2. The third-order valence-corrected chi connectivity index (χ3v) is 2.91. The predicted molar refractivity (Wildman–Crippen MR) is 75.4 cm³/mol. The molecule has 0 N–H and O–H groups in total. The quantitative estimate of drug-likeness (QED) is 0.715. The highest BCUT2D eigenvalue weighted by Crippen LogP contribution is 2.14. The molecular weight excluding hydrogens is 258 g/mol. The number of methoxy groups -OCH3 is 1. The number of esters is 1. The number of hydrogen-bond donors (Lipinski definition) is 0. The predicted octanol–water partition coefficient (Wildman–Crippen LogP) is 1.87. The van der Waals surface area contributed by atoms with Crippen molar-refractivity contribution in [2.24, 2.45) is 0 Å². The molecule has 0 radical (unpaired) electrons. The smallest absolute Gasteiger partial charge is 0.325 e. The van der Waals surface area contributed by atoms with Crippen LogP contribution in [0.3, 0.4) is 0 Å². The van der Waals surface area contributed by atoms with Crippen molar-refractivity contribution in [3.05, 3.63) is 30.3 Å². The number of ether oxygens (including phenoxy) is 2. The molecule has 1 unspecified atom stereocenters. The largest absolute Gasteiger partial charge is 0.481 e. The molecule has 0 fully saturated rings. The average Bonchev–Trinajstić information content (AvgIpc) is 2.50. The molecule has 1 amide bonds. The molecule has 1 aromatic rings. The first-order valence-electron chi connectivity index (χ1n) is 6.69. The Balaban J connectivity index is 2.72. The normalized spacial score (nSPS) is 11.6. The summed E-state index contributed by atoms with van der Waals surface area (Å²) in [6, 6.07) is 9.17. The summed E-state index contributed by atoms with van der Waals surface area (Å²) in [5.41, 5.74) is 0. The number of carbonyl (C=O) groups excluding carboxylic acids is 2. The SMILES string of the molecule is CCC(Oc1ccccc1)C(=O)N(CC)CC(=O)OC. The minimum Gasteiger partial charge on any atom is -0.481 e. The molecule has 1 rings (SSSR count). The number of likely N-dealkylation sites (N-methyl/N-ethyl adjacent to an activating group) is 1. The van der Waals surface area contributed by atoms with E-state index >= 15 is 0 Å². The Morgan fingerprint density at radius 3 is 2.35 bits per heavy atom. The molecule has 0 bridgehead atoms. The lowest BCUT2D eigenvalue weighted by Gasteiger charge is -2.25. The van der Waals surface area contributed by atoms with Crippen molar-refractivity contribution in [2.75, 3.05) is 20.2 Å². The van der Waals surface area contributed by atoms with E-state index in [9.17, 15) is 9.59 Å². The summed E-state index contributed by atoms with van der Waals surface area (Å²) < 4.78 is 10.3. The summed E-state index contributed by atoms with van der Waals surface area (Å²) in [5, 5.41) is 0. The van der Waals surface area contributed by atoms with Gasteiger partial charge < -0.3 is 14.4 Å². The maximum atomic E-state index is 12.4. The van der Waals surface area contributed by atoms with Gasteiger partial charge in [-0.25, -0.2) is 0 Å². The number of hydrogen-bond acceptors (Lipinski definition) is 4. The zero-order chi connectivity index (χ0) is 15.0. The summed E-state index contributed by atoms with van der Waals surface area (Å²) in [7, 11) is 1.30. The van der Waals surface area contributed by atoms with Crippen molar-refractivity contribution >= 4 is 11.9 Å². The van der Waals surface area contributed by atoms with Crippen molar-refractivity contribution < 1.29 is 19.1 Å². The molecule has 0 aliphatic heterocycles. The van der Waals surface area contributed by atoms with E-state index in [4.69, 9.17) is 4.74 Å². The van der Waals surface area contributed by atoms with E-state index in [1.54, 1.807) is 12.1 Å². The topological polar surface area (TPSA) is 55.8 Å². The van der Waals surface area contributed by atoms with Crippen molar-refractivity contribution in [3.63, 3.8) is 0 Å². The fourth-order valence-corrected chi connectivity index (χ4v) is 1.74. The number of nitrogens with zero attached hydrogens (tertiary/aromatic N) is 1. The van der Waals surface area contributed by atoms with Crippen LogP contribution in [0.5, 0.6) is 5.75 Å². The molecule has 0 saturated carbocycles. The van der Waals surface area contributed by atoms with Crippen LogP contribution in [-0.4, -0.2) is 43.1 Å². The van der Waals surface area contributed by atoms with E-state index in [0.717, 1.165) is 0 Å². The van der Waals surface area contributed by atoms with Gasteiger partial charge in [0, 0.05) is 6.54 Å². The lowest BCUT2D eigenvalue weighted by atomic mass is 10.2. The second-order valence-corrected chi connectivity index (χ2v) is 4.26. The van der Waals surface area contributed by atoms with Crippen molar-refractivity contribution in [1.29, 1.82) is 0 Å². The number of rotatable bonds is 7. The second-order valence-electron chi connectivity index (χ2n) is 4.26. The second kappa shape index (κ2) is 8.19. The van der Waals surface area contributed by atoms with Crippen LogP contribution in [-0.2, 0) is 14.3 Å². The van der Waals surface area contributed by atoms with Crippen molar-refractivity contribution in [2.45, 2.75) is 26.4 Å². The molecule has 0 saturated heterocycles.